The zero-order valence-corrected chi connectivity index (χ0v) is 10.5. The Balaban J connectivity index is 2.11. The maximum atomic E-state index is 11.9. The first kappa shape index (κ1) is 12.1. The van der Waals surface area contributed by atoms with E-state index in [9.17, 15) is 9.59 Å². The van der Waals surface area contributed by atoms with Crippen LogP contribution in [0.2, 0.25) is 0 Å². The smallest absolute Gasteiger partial charge is 0.217 e. The van der Waals surface area contributed by atoms with E-state index in [-0.39, 0.29) is 29.8 Å². The molecule has 2 saturated carbocycles. The Labute approximate surface area is 102 Å². The predicted octanol–water partition coefficient (Wildman–Crippen LogP) is 0.982. The Morgan fingerprint density at radius 1 is 1.24 bits per heavy atom. The summed E-state index contributed by atoms with van der Waals surface area (Å²) in [5.74, 6) is 0.692. The monoisotopic (exact) mass is 236 g/mol. The molecule has 1 amide bonds. The summed E-state index contributed by atoms with van der Waals surface area (Å²) in [6.07, 6.45) is 2.39. The minimum absolute atomic E-state index is 0.0101. The van der Waals surface area contributed by atoms with Crippen LogP contribution in [-0.4, -0.2) is 23.8 Å². The van der Waals surface area contributed by atoms with Gasteiger partial charge in [0.15, 0.2) is 0 Å². The van der Waals surface area contributed by atoms with Gasteiger partial charge in [-0.1, -0.05) is 6.58 Å². The number of rotatable bonds is 3. The molecular weight excluding hydrogens is 216 g/mol. The summed E-state index contributed by atoms with van der Waals surface area (Å²) in [6, 6.07) is 0.283. The fourth-order valence-electron chi connectivity index (χ4n) is 3.36. The summed E-state index contributed by atoms with van der Waals surface area (Å²) in [5, 5.41) is 6.26. The van der Waals surface area contributed by atoms with Gasteiger partial charge in [-0.2, -0.15) is 0 Å². The van der Waals surface area contributed by atoms with Gasteiger partial charge in [-0.3, -0.25) is 9.59 Å². The minimum atomic E-state index is -0.0101. The second-order valence-electron chi connectivity index (χ2n) is 5.27. The number of carbonyl (C=O) groups is 2. The lowest BCUT2D eigenvalue weighted by Gasteiger charge is -2.26. The molecule has 94 valence electrons. The Morgan fingerprint density at radius 2 is 1.94 bits per heavy atom. The highest BCUT2D eigenvalue weighted by molar-refractivity contribution is 5.85. The van der Waals surface area contributed by atoms with Crippen molar-refractivity contribution in [3.05, 3.63) is 12.3 Å². The summed E-state index contributed by atoms with van der Waals surface area (Å²) < 4.78 is 0. The van der Waals surface area contributed by atoms with Gasteiger partial charge in [0.05, 0.1) is 0 Å². The van der Waals surface area contributed by atoms with Gasteiger partial charge < -0.3 is 10.6 Å². The molecular formula is C13H20N2O2. The van der Waals surface area contributed by atoms with Crippen LogP contribution in [0.4, 0.5) is 0 Å². The molecule has 0 bridgehead atoms. The molecule has 2 fully saturated rings. The normalized spacial score (nSPS) is 35.5. The van der Waals surface area contributed by atoms with E-state index in [1.807, 2.05) is 6.92 Å². The number of Topliss-reactive ketones (excluding diaryl/α,β-unsaturated/α-hetero) is 1. The van der Waals surface area contributed by atoms with E-state index in [1.54, 1.807) is 0 Å². The zero-order valence-electron chi connectivity index (χ0n) is 10.5. The Hall–Kier alpha value is -1.32. The van der Waals surface area contributed by atoms with E-state index in [1.165, 1.54) is 6.92 Å². The highest BCUT2D eigenvalue weighted by atomic mass is 16.1. The molecule has 2 rings (SSSR count). The highest BCUT2D eigenvalue weighted by Crippen LogP contribution is 2.42. The SMILES string of the molecule is C=C(C)N[C@@H]1CC(=O)[C@H]2CC[C@H](NC(C)=O)[C@H]21. The van der Waals surface area contributed by atoms with Crippen LogP contribution >= 0.6 is 0 Å². The van der Waals surface area contributed by atoms with Crippen LogP contribution in [0.5, 0.6) is 0 Å². The molecule has 2 aliphatic rings. The Morgan fingerprint density at radius 3 is 2.53 bits per heavy atom. The summed E-state index contributed by atoms with van der Waals surface area (Å²) in [7, 11) is 0. The average molecular weight is 236 g/mol. The van der Waals surface area contributed by atoms with Crippen molar-refractivity contribution in [2.45, 2.75) is 45.2 Å². The van der Waals surface area contributed by atoms with E-state index in [0.29, 0.717) is 12.2 Å². The number of hydrogen-bond donors (Lipinski definition) is 2. The lowest BCUT2D eigenvalue weighted by molar-refractivity contribution is -0.122. The van der Waals surface area contributed by atoms with Crippen LogP contribution in [0.3, 0.4) is 0 Å². The average Bonchev–Trinajstić information content (AvgIpc) is 2.70. The van der Waals surface area contributed by atoms with E-state index in [2.05, 4.69) is 17.2 Å². The third-order valence-electron chi connectivity index (χ3n) is 3.84. The first-order chi connectivity index (χ1) is 7.99. The van der Waals surface area contributed by atoms with E-state index < -0.39 is 0 Å². The molecule has 0 spiro atoms. The van der Waals surface area contributed by atoms with Crippen molar-refractivity contribution in [2.24, 2.45) is 11.8 Å². The molecule has 0 radical (unpaired) electrons. The third kappa shape index (κ3) is 2.35. The minimum Gasteiger partial charge on any atom is -0.385 e. The molecule has 0 unspecified atom stereocenters. The summed E-state index contributed by atoms with van der Waals surface area (Å²) in [6.45, 7) is 7.27. The maximum Gasteiger partial charge on any atom is 0.217 e. The number of ketones is 1. The lowest BCUT2D eigenvalue weighted by Crippen LogP contribution is -2.44. The molecule has 0 aliphatic heterocycles. The van der Waals surface area contributed by atoms with Crippen molar-refractivity contribution in [2.75, 3.05) is 0 Å². The third-order valence-corrected chi connectivity index (χ3v) is 3.84. The lowest BCUT2D eigenvalue weighted by atomic mass is 9.93. The standard InChI is InChI=1S/C13H20N2O2/c1-7(2)14-11-6-12(17)9-4-5-10(13(9)11)15-8(3)16/h9-11,13-14H,1,4-6H2,2-3H3,(H,15,16)/t9-,10+,11-,13+/m1/s1. The molecule has 2 N–H and O–H groups in total. The number of amides is 1. The fourth-order valence-corrected chi connectivity index (χ4v) is 3.36. The Bertz CT molecular complexity index is 362. The van der Waals surface area contributed by atoms with Crippen molar-refractivity contribution in [1.29, 1.82) is 0 Å². The quantitative estimate of drug-likeness (QED) is 0.768. The molecule has 0 aromatic rings. The maximum absolute atomic E-state index is 11.9. The first-order valence-corrected chi connectivity index (χ1v) is 6.21. The molecule has 4 heteroatoms. The van der Waals surface area contributed by atoms with Gasteiger partial charge in [0.2, 0.25) is 5.91 Å². The molecule has 0 aromatic carbocycles. The van der Waals surface area contributed by atoms with E-state index >= 15 is 0 Å². The fraction of sp³-hybridized carbons (Fsp3) is 0.692. The van der Waals surface area contributed by atoms with Crippen LogP contribution < -0.4 is 10.6 Å². The highest BCUT2D eigenvalue weighted by Gasteiger charge is 2.50. The van der Waals surface area contributed by atoms with Crippen LogP contribution in [0, 0.1) is 11.8 Å². The number of carbonyl (C=O) groups excluding carboxylic acids is 2. The van der Waals surface area contributed by atoms with Crippen molar-refractivity contribution >= 4 is 11.7 Å². The van der Waals surface area contributed by atoms with Crippen LogP contribution in [0.25, 0.3) is 0 Å². The summed E-state index contributed by atoms with van der Waals surface area (Å²) in [4.78, 5) is 23.1. The van der Waals surface area contributed by atoms with Crippen molar-refractivity contribution < 1.29 is 9.59 Å². The predicted molar refractivity (Wildman–Crippen MR) is 65.2 cm³/mol. The van der Waals surface area contributed by atoms with Gasteiger partial charge in [-0.15, -0.1) is 0 Å². The molecule has 17 heavy (non-hydrogen) atoms. The second kappa shape index (κ2) is 4.51. The van der Waals surface area contributed by atoms with Crippen LogP contribution in [-0.2, 0) is 9.59 Å². The molecule has 0 aromatic heterocycles. The molecule has 2 aliphatic carbocycles. The zero-order chi connectivity index (χ0) is 12.6. The van der Waals surface area contributed by atoms with Gasteiger partial charge in [-0.25, -0.2) is 0 Å². The summed E-state index contributed by atoms with van der Waals surface area (Å²) >= 11 is 0. The molecule has 4 atom stereocenters. The van der Waals surface area contributed by atoms with E-state index in [0.717, 1.165) is 18.5 Å². The van der Waals surface area contributed by atoms with Gasteiger partial charge in [-0.05, 0) is 19.8 Å². The molecule has 0 saturated heterocycles. The Kier molecular flexibility index (Phi) is 3.22. The van der Waals surface area contributed by atoms with Crippen molar-refractivity contribution in [3.63, 3.8) is 0 Å². The first-order valence-electron chi connectivity index (χ1n) is 6.21. The second-order valence-corrected chi connectivity index (χ2v) is 5.27. The van der Waals surface area contributed by atoms with Gasteiger partial charge in [0.25, 0.3) is 0 Å². The summed E-state index contributed by atoms with van der Waals surface area (Å²) in [5.41, 5.74) is 0.886. The van der Waals surface area contributed by atoms with Gasteiger partial charge in [0, 0.05) is 43.0 Å². The number of nitrogens with one attached hydrogen (secondary N) is 2. The van der Waals surface area contributed by atoms with Gasteiger partial charge in [0.1, 0.15) is 5.78 Å². The van der Waals surface area contributed by atoms with E-state index in [4.69, 9.17) is 0 Å². The molecule has 0 heterocycles. The van der Waals surface area contributed by atoms with Crippen LogP contribution in [0.1, 0.15) is 33.1 Å². The topological polar surface area (TPSA) is 58.2 Å². The number of allylic oxidation sites excluding steroid dienone is 1. The molecule has 4 nitrogen and oxygen atoms in total. The number of fused-ring (bicyclic) bond motifs is 1. The van der Waals surface area contributed by atoms with Gasteiger partial charge >= 0.3 is 0 Å². The largest absolute Gasteiger partial charge is 0.385 e. The number of hydrogen-bond acceptors (Lipinski definition) is 3. The van der Waals surface area contributed by atoms with Crippen molar-refractivity contribution in [1.82, 2.24) is 10.6 Å². The van der Waals surface area contributed by atoms with Crippen LogP contribution in [0.15, 0.2) is 12.3 Å². The van der Waals surface area contributed by atoms with Crippen molar-refractivity contribution in [3.8, 4) is 0 Å².